The molecule has 8 heteroatoms. The molecule has 3 aromatic rings. The van der Waals surface area contributed by atoms with E-state index in [0.717, 1.165) is 28.2 Å². The lowest BCUT2D eigenvalue weighted by Crippen LogP contribution is -2.34. The first-order valence-corrected chi connectivity index (χ1v) is 9.21. The van der Waals surface area contributed by atoms with E-state index < -0.39 is 0 Å². The van der Waals surface area contributed by atoms with Crippen molar-refractivity contribution in [2.75, 3.05) is 13.7 Å². The number of nitrogens with one attached hydrogen (secondary N) is 2. The Morgan fingerprint density at radius 3 is 2.57 bits per heavy atom. The SMILES string of the molecule is COCCn1nc(C)c(CNC(=O)NCc2ccc(-n3cccn3)cc2)c1C. The molecule has 8 nitrogen and oxygen atoms in total. The number of nitrogens with zero attached hydrogens (tertiary/aromatic N) is 4. The van der Waals surface area contributed by atoms with Gasteiger partial charge < -0.3 is 15.4 Å². The van der Waals surface area contributed by atoms with E-state index in [1.54, 1.807) is 18.0 Å². The Hall–Kier alpha value is -3.13. The van der Waals surface area contributed by atoms with Gasteiger partial charge in [-0.05, 0) is 37.6 Å². The van der Waals surface area contributed by atoms with Crippen LogP contribution in [0.3, 0.4) is 0 Å². The molecule has 0 aliphatic rings. The van der Waals surface area contributed by atoms with Crippen molar-refractivity contribution in [3.63, 3.8) is 0 Å². The summed E-state index contributed by atoms with van der Waals surface area (Å²) >= 11 is 0. The number of aromatic nitrogens is 4. The Morgan fingerprint density at radius 2 is 1.89 bits per heavy atom. The maximum atomic E-state index is 12.2. The monoisotopic (exact) mass is 382 g/mol. The van der Waals surface area contributed by atoms with Crippen molar-refractivity contribution in [3.05, 3.63) is 65.2 Å². The first kappa shape index (κ1) is 19.6. The second-order valence-electron chi connectivity index (χ2n) is 6.52. The Bertz CT molecular complexity index is 900. The fraction of sp³-hybridized carbons (Fsp3) is 0.350. The molecule has 0 saturated heterocycles. The molecule has 2 amide bonds. The van der Waals surface area contributed by atoms with Crippen molar-refractivity contribution in [1.82, 2.24) is 30.2 Å². The maximum Gasteiger partial charge on any atom is 0.315 e. The first-order chi connectivity index (χ1) is 13.6. The number of benzene rings is 1. The summed E-state index contributed by atoms with van der Waals surface area (Å²) in [6.45, 7) is 6.15. The minimum absolute atomic E-state index is 0.209. The van der Waals surface area contributed by atoms with Gasteiger partial charge in [-0.3, -0.25) is 4.68 Å². The zero-order chi connectivity index (χ0) is 19.9. The number of urea groups is 1. The fourth-order valence-corrected chi connectivity index (χ4v) is 2.99. The van der Waals surface area contributed by atoms with Gasteiger partial charge in [0.05, 0.1) is 24.5 Å². The second-order valence-corrected chi connectivity index (χ2v) is 6.52. The van der Waals surface area contributed by atoms with Gasteiger partial charge >= 0.3 is 6.03 Å². The highest BCUT2D eigenvalue weighted by molar-refractivity contribution is 5.73. The lowest BCUT2D eigenvalue weighted by Gasteiger charge is -2.09. The first-order valence-electron chi connectivity index (χ1n) is 9.21. The van der Waals surface area contributed by atoms with Crippen LogP contribution in [-0.2, 0) is 24.4 Å². The smallest absolute Gasteiger partial charge is 0.315 e. The van der Waals surface area contributed by atoms with Crippen LogP contribution in [0, 0.1) is 13.8 Å². The molecule has 148 valence electrons. The molecule has 0 aliphatic carbocycles. The molecule has 1 aromatic carbocycles. The van der Waals surface area contributed by atoms with Crippen LogP contribution < -0.4 is 10.6 Å². The molecule has 0 spiro atoms. The van der Waals surface area contributed by atoms with Crippen molar-refractivity contribution >= 4 is 6.03 Å². The predicted molar refractivity (Wildman–Crippen MR) is 106 cm³/mol. The summed E-state index contributed by atoms with van der Waals surface area (Å²) < 4.78 is 8.81. The van der Waals surface area contributed by atoms with Crippen LogP contribution in [0.1, 0.15) is 22.5 Å². The maximum absolute atomic E-state index is 12.2. The van der Waals surface area contributed by atoms with Gasteiger partial charge in [0.1, 0.15) is 0 Å². The van der Waals surface area contributed by atoms with Crippen LogP contribution >= 0.6 is 0 Å². The van der Waals surface area contributed by atoms with Crippen molar-refractivity contribution in [2.45, 2.75) is 33.5 Å². The molecule has 3 rings (SSSR count). The van der Waals surface area contributed by atoms with Crippen LogP contribution in [0.4, 0.5) is 4.79 Å². The lowest BCUT2D eigenvalue weighted by molar-refractivity contribution is 0.182. The van der Waals surface area contributed by atoms with Gasteiger partial charge in [0.15, 0.2) is 0 Å². The summed E-state index contributed by atoms with van der Waals surface area (Å²) in [4.78, 5) is 12.2. The molecular formula is C20H26N6O2. The quantitative estimate of drug-likeness (QED) is 0.626. The van der Waals surface area contributed by atoms with Crippen molar-refractivity contribution < 1.29 is 9.53 Å². The van der Waals surface area contributed by atoms with Gasteiger partial charge in [-0.15, -0.1) is 0 Å². The number of carbonyl (C=O) groups excluding carboxylic acids is 1. The highest BCUT2D eigenvalue weighted by Gasteiger charge is 2.12. The number of aryl methyl sites for hydroxylation is 1. The molecule has 0 saturated carbocycles. The predicted octanol–water partition coefficient (Wildman–Crippen LogP) is 2.33. The number of methoxy groups -OCH3 is 1. The molecule has 0 atom stereocenters. The lowest BCUT2D eigenvalue weighted by atomic mass is 10.2. The minimum atomic E-state index is -0.209. The fourth-order valence-electron chi connectivity index (χ4n) is 2.99. The molecule has 0 unspecified atom stereocenters. The summed E-state index contributed by atoms with van der Waals surface area (Å²) in [7, 11) is 1.67. The normalized spacial score (nSPS) is 10.8. The third kappa shape index (κ3) is 4.77. The number of amides is 2. The third-order valence-electron chi connectivity index (χ3n) is 4.62. The molecular weight excluding hydrogens is 356 g/mol. The van der Waals surface area contributed by atoms with E-state index in [-0.39, 0.29) is 6.03 Å². The van der Waals surface area contributed by atoms with Crippen LogP contribution in [-0.4, -0.2) is 39.3 Å². The summed E-state index contributed by atoms with van der Waals surface area (Å²) in [6.07, 6.45) is 3.63. The summed E-state index contributed by atoms with van der Waals surface area (Å²) in [5.74, 6) is 0. The average Bonchev–Trinajstić information content (AvgIpc) is 3.32. The largest absolute Gasteiger partial charge is 0.383 e. The Kier molecular flexibility index (Phi) is 6.44. The molecule has 28 heavy (non-hydrogen) atoms. The number of rotatable bonds is 8. The standard InChI is InChI=1S/C20H26N6O2/c1-15-19(16(2)25(24-15)11-12-28-3)14-22-20(27)21-13-17-5-7-18(8-6-17)26-10-4-9-23-26/h4-10H,11-14H2,1-3H3,(H2,21,22,27). The Labute approximate surface area is 164 Å². The molecule has 0 radical (unpaired) electrons. The average molecular weight is 382 g/mol. The minimum Gasteiger partial charge on any atom is -0.383 e. The number of ether oxygens (including phenoxy) is 1. The van der Waals surface area contributed by atoms with E-state index >= 15 is 0 Å². The van der Waals surface area contributed by atoms with Gasteiger partial charge in [-0.25, -0.2) is 9.48 Å². The summed E-state index contributed by atoms with van der Waals surface area (Å²) in [6, 6.07) is 9.58. The van der Waals surface area contributed by atoms with E-state index in [9.17, 15) is 4.79 Å². The van der Waals surface area contributed by atoms with Crippen LogP contribution in [0.2, 0.25) is 0 Å². The van der Waals surface area contributed by atoms with Gasteiger partial charge in [0.2, 0.25) is 0 Å². The van der Waals surface area contributed by atoms with E-state index in [1.807, 2.05) is 55.1 Å². The zero-order valence-electron chi connectivity index (χ0n) is 16.5. The Balaban J connectivity index is 1.49. The molecule has 2 heterocycles. The van der Waals surface area contributed by atoms with Crippen molar-refractivity contribution in [1.29, 1.82) is 0 Å². The van der Waals surface area contributed by atoms with E-state index in [2.05, 4.69) is 20.8 Å². The van der Waals surface area contributed by atoms with E-state index in [0.29, 0.717) is 26.2 Å². The molecule has 2 aromatic heterocycles. The molecule has 0 bridgehead atoms. The van der Waals surface area contributed by atoms with Crippen LogP contribution in [0.15, 0.2) is 42.7 Å². The van der Waals surface area contributed by atoms with Gasteiger partial charge in [-0.1, -0.05) is 12.1 Å². The highest BCUT2D eigenvalue weighted by Crippen LogP contribution is 2.13. The van der Waals surface area contributed by atoms with E-state index in [4.69, 9.17) is 4.74 Å². The topological polar surface area (TPSA) is 86.0 Å². The second kappa shape index (κ2) is 9.18. The molecule has 2 N–H and O–H groups in total. The van der Waals surface area contributed by atoms with Gasteiger partial charge in [0.25, 0.3) is 0 Å². The van der Waals surface area contributed by atoms with E-state index in [1.165, 1.54) is 0 Å². The highest BCUT2D eigenvalue weighted by atomic mass is 16.5. The number of carbonyl (C=O) groups is 1. The number of hydrogen-bond acceptors (Lipinski definition) is 4. The zero-order valence-corrected chi connectivity index (χ0v) is 16.5. The Morgan fingerprint density at radius 1 is 1.14 bits per heavy atom. The van der Waals surface area contributed by atoms with Gasteiger partial charge in [-0.2, -0.15) is 10.2 Å². The molecule has 0 fully saturated rings. The number of hydrogen-bond donors (Lipinski definition) is 2. The van der Waals surface area contributed by atoms with Crippen LogP contribution in [0.25, 0.3) is 5.69 Å². The van der Waals surface area contributed by atoms with Crippen LogP contribution in [0.5, 0.6) is 0 Å². The third-order valence-corrected chi connectivity index (χ3v) is 4.62. The van der Waals surface area contributed by atoms with Crippen molar-refractivity contribution in [2.24, 2.45) is 0 Å². The summed E-state index contributed by atoms with van der Waals surface area (Å²) in [5, 5.41) is 14.5. The molecule has 0 aliphatic heterocycles. The van der Waals surface area contributed by atoms with Crippen molar-refractivity contribution in [3.8, 4) is 5.69 Å². The summed E-state index contributed by atoms with van der Waals surface area (Å²) in [5.41, 5.74) is 5.00. The van der Waals surface area contributed by atoms with Gasteiger partial charge in [0, 0.05) is 43.9 Å².